The Hall–Kier alpha value is -3.19. The van der Waals surface area contributed by atoms with Crippen molar-refractivity contribution in [3.05, 3.63) is 59.2 Å². The molecule has 2 fully saturated rings. The van der Waals surface area contributed by atoms with Crippen LogP contribution in [0.25, 0.3) is 0 Å². The molecule has 0 radical (unpaired) electrons. The Bertz CT molecular complexity index is 1160. The number of thiol groups is 1. The molecule has 1 saturated carbocycles. The molecule has 2 aromatic rings. The molecule has 1 heterocycles. The van der Waals surface area contributed by atoms with Crippen LogP contribution in [0, 0.1) is 11.3 Å². The van der Waals surface area contributed by atoms with Gasteiger partial charge < -0.3 is 10.0 Å². The number of hydrogen-bond acceptors (Lipinski definition) is 5. The molecule has 2 aromatic carbocycles. The van der Waals surface area contributed by atoms with Gasteiger partial charge in [-0.05, 0) is 68.0 Å². The maximum Gasteiger partial charge on any atom is 0.417 e. The smallest absolute Gasteiger partial charge is 0.417 e. The second-order valence-electron chi connectivity index (χ2n) is 8.53. The lowest BCUT2D eigenvalue weighted by molar-refractivity contribution is -0.138. The van der Waals surface area contributed by atoms with Crippen molar-refractivity contribution in [2.45, 2.75) is 55.7 Å². The molecule has 1 spiro atoms. The maximum atomic E-state index is 13.5. The summed E-state index contributed by atoms with van der Waals surface area (Å²) in [6.07, 6.45) is -1.64. The van der Waals surface area contributed by atoms with Crippen LogP contribution in [-0.4, -0.2) is 28.0 Å². The van der Waals surface area contributed by atoms with Crippen molar-refractivity contribution < 1.29 is 27.9 Å². The monoisotopic (exact) mass is 489 g/mol. The van der Waals surface area contributed by atoms with E-state index in [1.54, 1.807) is 6.07 Å². The number of anilines is 2. The fourth-order valence-corrected chi connectivity index (χ4v) is 5.24. The van der Waals surface area contributed by atoms with E-state index in [4.69, 9.17) is 10.4 Å². The summed E-state index contributed by atoms with van der Waals surface area (Å²) >= 11 is 4.65. The Balaban J connectivity index is 1.66. The fraction of sp³-hybridized carbons (Fsp3) is 0.375. The molecule has 1 aliphatic carbocycles. The SMILES string of the molecule is N#Cc1ccc(N2C(=O)C3(CCC3)N(c3ccc(CCCC(=O)O)cc3)C2S)cc1C(F)(F)F. The minimum Gasteiger partial charge on any atom is -0.481 e. The van der Waals surface area contributed by atoms with Gasteiger partial charge in [-0.1, -0.05) is 12.1 Å². The van der Waals surface area contributed by atoms with E-state index < -0.39 is 34.3 Å². The van der Waals surface area contributed by atoms with Crippen molar-refractivity contribution in [1.29, 1.82) is 5.26 Å². The highest BCUT2D eigenvalue weighted by Crippen LogP contribution is 2.50. The van der Waals surface area contributed by atoms with Crippen LogP contribution in [0.15, 0.2) is 42.5 Å². The molecule has 2 aliphatic rings. The maximum absolute atomic E-state index is 13.5. The van der Waals surface area contributed by atoms with E-state index in [9.17, 15) is 22.8 Å². The summed E-state index contributed by atoms with van der Waals surface area (Å²) in [6, 6.07) is 12.2. The lowest BCUT2D eigenvalue weighted by Gasteiger charge is -2.44. The van der Waals surface area contributed by atoms with Crippen LogP contribution >= 0.6 is 12.6 Å². The van der Waals surface area contributed by atoms with Gasteiger partial charge in [-0.15, -0.1) is 12.6 Å². The van der Waals surface area contributed by atoms with E-state index in [0.717, 1.165) is 24.1 Å². The van der Waals surface area contributed by atoms with E-state index >= 15 is 0 Å². The van der Waals surface area contributed by atoms with Gasteiger partial charge >= 0.3 is 12.1 Å². The Morgan fingerprint density at radius 2 is 1.82 bits per heavy atom. The third-order valence-corrected chi connectivity index (χ3v) is 6.96. The first kappa shape index (κ1) is 24.0. The Kier molecular flexibility index (Phi) is 6.25. The third-order valence-electron chi connectivity index (χ3n) is 6.50. The van der Waals surface area contributed by atoms with E-state index in [1.165, 1.54) is 11.0 Å². The van der Waals surface area contributed by atoms with Crippen LogP contribution in [0.2, 0.25) is 0 Å². The lowest BCUT2D eigenvalue weighted by atomic mass is 9.75. The number of nitrogens with zero attached hydrogens (tertiary/aromatic N) is 3. The quantitative estimate of drug-likeness (QED) is 0.560. The molecule has 10 heteroatoms. The van der Waals surface area contributed by atoms with E-state index in [1.807, 2.05) is 29.2 Å². The molecule has 1 N–H and O–H groups in total. The summed E-state index contributed by atoms with van der Waals surface area (Å²) < 4.78 is 40.6. The summed E-state index contributed by atoms with van der Waals surface area (Å²) in [7, 11) is 0. The zero-order chi connectivity index (χ0) is 24.7. The second-order valence-corrected chi connectivity index (χ2v) is 8.99. The number of rotatable bonds is 6. The topological polar surface area (TPSA) is 84.6 Å². The van der Waals surface area contributed by atoms with Gasteiger partial charge in [0.2, 0.25) is 0 Å². The fourth-order valence-electron chi connectivity index (χ4n) is 4.65. The third kappa shape index (κ3) is 4.09. The van der Waals surface area contributed by atoms with Crippen LogP contribution in [0.5, 0.6) is 0 Å². The zero-order valence-electron chi connectivity index (χ0n) is 18.0. The molecular weight excluding hydrogens is 467 g/mol. The summed E-state index contributed by atoms with van der Waals surface area (Å²) in [5, 5.41) is 17.9. The standard InChI is InChI=1S/C24H22F3N3O3S/c25-24(26,27)19-13-18(10-7-16(19)14-28)29-21(33)23(11-2-12-23)30(22(29)34)17-8-5-15(6-9-17)3-1-4-20(31)32/h5-10,13,22,34H,1-4,11-12H2,(H,31,32). The molecule has 1 amide bonds. The van der Waals surface area contributed by atoms with Crippen LogP contribution in [-0.2, 0) is 22.2 Å². The number of aliphatic carboxylic acids is 1. The van der Waals surface area contributed by atoms with E-state index in [0.29, 0.717) is 31.4 Å². The van der Waals surface area contributed by atoms with Gasteiger partial charge in [0.05, 0.1) is 17.2 Å². The van der Waals surface area contributed by atoms with Gasteiger partial charge in [0.1, 0.15) is 5.54 Å². The van der Waals surface area contributed by atoms with Crippen molar-refractivity contribution in [3.8, 4) is 6.07 Å². The van der Waals surface area contributed by atoms with Crippen LogP contribution in [0.4, 0.5) is 24.5 Å². The molecule has 1 atom stereocenters. The normalized spacial score (nSPS) is 19.3. The summed E-state index contributed by atoms with van der Waals surface area (Å²) in [5.74, 6) is -1.17. The molecule has 1 unspecified atom stereocenters. The predicted octanol–water partition coefficient (Wildman–Crippen LogP) is 4.97. The number of hydrogen-bond donors (Lipinski definition) is 2. The molecule has 1 aliphatic heterocycles. The first-order valence-electron chi connectivity index (χ1n) is 10.8. The van der Waals surface area contributed by atoms with E-state index in [2.05, 4.69) is 12.6 Å². The first-order valence-corrected chi connectivity index (χ1v) is 11.3. The molecule has 1 saturated heterocycles. The zero-order valence-corrected chi connectivity index (χ0v) is 18.9. The van der Waals surface area contributed by atoms with Gasteiger partial charge in [-0.3, -0.25) is 14.5 Å². The number of carbonyl (C=O) groups is 2. The van der Waals surface area contributed by atoms with Gasteiger partial charge in [0.15, 0.2) is 5.50 Å². The van der Waals surface area contributed by atoms with Crippen molar-refractivity contribution in [2.75, 3.05) is 9.80 Å². The highest BCUT2D eigenvalue weighted by atomic mass is 32.1. The Labute approximate surface area is 200 Å². The summed E-state index contributed by atoms with van der Waals surface area (Å²) in [5.41, 5.74) is -1.62. The number of carboxylic acid groups (broad SMARTS) is 1. The molecule has 6 nitrogen and oxygen atoms in total. The van der Waals surface area contributed by atoms with Gasteiger partial charge in [0.25, 0.3) is 5.91 Å². The lowest BCUT2D eigenvalue weighted by Crippen LogP contribution is -2.55. The summed E-state index contributed by atoms with van der Waals surface area (Å²) in [4.78, 5) is 27.4. The Morgan fingerprint density at radius 1 is 1.18 bits per heavy atom. The highest BCUT2D eigenvalue weighted by Gasteiger charge is 2.60. The number of nitriles is 1. The minimum absolute atomic E-state index is 0.0374. The average Bonchev–Trinajstić information content (AvgIpc) is 3.00. The minimum atomic E-state index is -4.74. The largest absolute Gasteiger partial charge is 0.481 e. The Morgan fingerprint density at radius 3 is 2.35 bits per heavy atom. The van der Waals surface area contributed by atoms with Gasteiger partial charge in [0, 0.05) is 17.8 Å². The molecule has 0 aromatic heterocycles. The highest BCUT2D eigenvalue weighted by molar-refractivity contribution is 7.81. The second kappa shape index (κ2) is 8.87. The summed E-state index contributed by atoms with van der Waals surface area (Å²) in [6.45, 7) is 0. The van der Waals surface area contributed by atoms with Crippen LogP contribution in [0.3, 0.4) is 0 Å². The molecule has 34 heavy (non-hydrogen) atoms. The number of aryl methyl sites for hydroxylation is 1. The van der Waals surface area contributed by atoms with Crippen LogP contribution in [0.1, 0.15) is 48.8 Å². The predicted molar refractivity (Wildman–Crippen MR) is 122 cm³/mol. The van der Waals surface area contributed by atoms with Crippen molar-refractivity contribution in [2.24, 2.45) is 0 Å². The number of halogens is 3. The van der Waals surface area contributed by atoms with Crippen molar-refractivity contribution in [1.82, 2.24) is 0 Å². The van der Waals surface area contributed by atoms with Gasteiger partial charge in [-0.25, -0.2) is 0 Å². The number of benzene rings is 2. The average molecular weight is 490 g/mol. The first-order chi connectivity index (χ1) is 16.1. The molecule has 0 bridgehead atoms. The number of carbonyl (C=O) groups excluding carboxylic acids is 1. The number of alkyl halides is 3. The van der Waals surface area contributed by atoms with Crippen molar-refractivity contribution >= 4 is 35.9 Å². The number of carboxylic acids is 1. The molecule has 4 rings (SSSR count). The molecular formula is C24H22F3N3O3S. The molecule has 178 valence electrons. The van der Waals surface area contributed by atoms with E-state index in [-0.39, 0.29) is 18.0 Å². The number of amides is 1. The van der Waals surface area contributed by atoms with Gasteiger partial charge in [-0.2, -0.15) is 18.4 Å². The van der Waals surface area contributed by atoms with Crippen LogP contribution < -0.4 is 9.80 Å². The van der Waals surface area contributed by atoms with Crippen molar-refractivity contribution in [3.63, 3.8) is 0 Å².